The van der Waals surface area contributed by atoms with Crippen LogP contribution in [0.2, 0.25) is 0 Å². The number of fused-ring (bicyclic) bond motifs is 1. The maximum Gasteiger partial charge on any atom is 0.149 e. The summed E-state index contributed by atoms with van der Waals surface area (Å²) in [6.45, 7) is 0.672. The Labute approximate surface area is 121 Å². The van der Waals surface area contributed by atoms with Gasteiger partial charge in [0.15, 0.2) is 0 Å². The van der Waals surface area contributed by atoms with Gasteiger partial charge in [-0.2, -0.15) is 0 Å². The van der Waals surface area contributed by atoms with Crippen LogP contribution in [0.3, 0.4) is 0 Å². The molecule has 0 radical (unpaired) electrons. The standard InChI is InChI=1S/C12H17BrN2O3S/c1-19(16,17)7-11(15-14)6-9-5-10(13)4-8-2-3-18-12(8)9/h4-5,11,15H,2-3,6-7,14H2,1H3. The van der Waals surface area contributed by atoms with E-state index < -0.39 is 9.84 Å². The molecule has 0 aromatic heterocycles. The molecule has 3 N–H and O–H groups in total. The highest BCUT2D eigenvalue weighted by Gasteiger charge is 2.21. The first-order valence-electron chi connectivity index (χ1n) is 5.97. The summed E-state index contributed by atoms with van der Waals surface area (Å²) >= 11 is 3.46. The number of hydrogen-bond acceptors (Lipinski definition) is 5. The summed E-state index contributed by atoms with van der Waals surface area (Å²) in [5, 5.41) is 0. The van der Waals surface area contributed by atoms with Crippen molar-refractivity contribution < 1.29 is 13.2 Å². The van der Waals surface area contributed by atoms with Gasteiger partial charge in [0.05, 0.1) is 12.4 Å². The number of nitrogens with one attached hydrogen (secondary N) is 1. The number of hydrazine groups is 1. The van der Waals surface area contributed by atoms with Crippen molar-refractivity contribution in [3.63, 3.8) is 0 Å². The van der Waals surface area contributed by atoms with Gasteiger partial charge < -0.3 is 4.74 Å². The molecule has 0 amide bonds. The molecular weight excluding hydrogens is 332 g/mol. The second-order valence-corrected chi connectivity index (χ2v) is 7.91. The molecule has 0 bridgehead atoms. The smallest absolute Gasteiger partial charge is 0.149 e. The van der Waals surface area contributed by atoms with E-state index in [2.05, 4.69) is 21.4 Å². The fourth-order valence-electron chi connectivity index (χ4n) is 2.29. The van der Waals surface area contributed by atoms with Crippen LogP contribution in [0.5, 0.6) is 5.75 Å². The molecule has 1 unspecified atom stereocenters. The molecule has 19 heavy (non-hydrogen) atoms. The summed E-state index contributed by atoms with van der Waals surface area (Å²) in [5.74, 6) is 6.32. The Morgan fingerprint density at radius 1 is 1.53 bits per heavy atom. The first-order chi connectivity index (χ1) is 8.89. The van der Waals surface area contributed by atoms with Crippen LogP contribution in [-0.2, 0) is 22.7 Å². The van der Waals surface area contributed by atoms with Gasteiger partial charge in [0.2, 0.25) is 0 Å². The molecule has 7 heteroatoms. The van der Waals surface area contributed by atoms with Gasteiger partial charge in [-0.1, -0.05) is 15.9 Å². The molecule has 1 aromatic rings. The van der Waals surface area contributed by atoms with Crippen molar-refractivity contribution in [2.24, 2.45) is 5.84 Å². The highest BCUT2D eigenvalue weighted by molar-refractivity contribution is 9.10. The highest BCUT2D eigenvalue weighted by atomic mass is 79.9. The minimum absolute atomic E-state index is 0.00475. The summed E-state index contributed by atoms with van der Waals surface area (Å²) in [7, 11) is -3.07. The van der Waals surface area contributed by atoms with Crippen LogP contribution in [0.25, 0.3) is 0 Å². The summed E-state index contributed by atoms with van der Waals surface area (Å²) < 4.78 is 29.3. The average Bonchev–Trinajstić information content (AvgIpc) is 2.74. The Bertz CT molecular complexity index is 575. The quantitative estimate of drug-likeness (QED) is 0.607. The van der Waals surface area contributed by atoms with Gasteiger partial charge in [0, 0.05) is 23.2 Å². The molecule has 0 saturated carbocycles. The SMILES string of the molecule is CS(=O)(=O)CC(Cc1cc(Br)cc2c1OCC2)NN. The minimum atomic E-state index is -3.07. The average molecular weight is 349 g/mol. The lowest BCUT2D eigenvalue weighted by Gasteiger charge is -2.17. The van der Waals surface area contributed by atoms with Crippen LogP contribution < -0.4 is 16.0 Å². The van der Waals surface area contributed by atoms with Crippen molar-refractivity contribution in [1.82, 2.24) is 5.43 Å². The van der Waals surface area contributed by atoms with E-state index in [4.69, 9.17) is 10.6 Å². The maximum atomic E-state index is 11.4. The second-order valence-electron chi connectivity index (χ2n) is 4.81. The van der Waals surface area contributed by atoms with Crippen molar-refractivity contribution in [2.75, 3.05) is 18.6 Å². The lowest BCUT2D eigenvalue weighted by Crippen LogP contribution is -2.41. The number of nitrogens with two attached hydrogens (primary N) is 1. The second kappa shape index (κ2) is 5.78. The zero-order valence-corrected chi connectivity index (χ0v) is 13.1. The van der Waals surface area contributed by atoms with Crippen LogP contribution in [0.4, 0.5) is 0 Å². The van der Waals surface area contributed by atoms with Gasteiger partial charge in [0.25, 0.3) is 0 Å². The predicted molar refractivity (Wildman–Crippen MR) is 77.9 cm³/mol. The van der Waals surface area contributed by atoms with Crippen molar-refractivity contribution in [3.8, 4) is 5.75 Å². The molecule has 5 nitrogen and oxygen atoms in total. The van der Waals surface area contributed by atoms with Crippen molar-refractivity contribution >= 4 is 25.8 Å². The van der Waals surface area contributed by atoms with Gasteiger partial charge in [-0.15, -0.1) is 0 Å². The number of halogens is 1. The molecule has 1 aromatic carbocycles. The van der Waals surface area contributed by atoms with E-state index in [0.29, 0.717) is 13.0 Å². The third-order valence-corrected chi connectivity index (χ3v) is 4.50. The predicted octanol–water partition coefficient (Wildman–Crippen LogP) is 0.803. The number of rotatable bonds is 5. The number of hydrogen-bond donors (Lipinski definition) is 2. The number of sulfone groups is 1. The Morgan fingerprint density at radius 3 is 2.89 bits per heavy atom. The first kappa shape index (κ1) is 14.8. The molecule has 1 atom stereocenters. The van der Waals surface area contributed by atoms with Crippen LogP contribution in [0.1, 0.15) is 11.1 Å². The van der Waals surface area contributed by atoms with Gasteiger partial charge >= 0.3 is 0 Å². The Morgan fingerprint density at radius 2 is 2.26 bits per heavy atom. The lowest BCUT2D eigenvalue weighted by molar-refractivity contribution is 0.352. The Kier molecular flexibility index (Phi) is 4.50. The summed E-state index contributed by atoms with van der Waals surface area (Å²) in [4.78, 5) is 0. The van der Waals surface area contributed by atoms with E-state index in [1.54, 1.807) is 0 Å². The van der Waals surface area contributed by atoms with E-state index in [-0.39, 0.29) is 11.8 Å². The van der Waals surface area contributed by atoms with Gasteiger partial charge in [-0.25, -0.2) is 8.42 Å². The van der Waals surface area contributed by atoms with Gasteiger partial charge in [-0.05, 0) is 29.7 Å². The maximum absolute atomic E-state index is 11.4. The largest absolute Gasteiger partial charge is 0.493 e. The molecule has 0 saturated heterocycles. The van der Waals surface area contributed by atoms with Crippen molar-refractivity contribution in [2.45, 2.75) is 18.9 Å². The van der Waals surface area contributed by atoms with Crippen molar-refractivity contribution in [3.05, 3.63) is 27.7 Å². The fraction of sp³-hybridized carbons (Fsp3) is 0.500. The first-order valence-corrected chi connectivity index (χ1v) is 8.82. The molecule has 2 rings (SSSR count). The summed E-state index contributed by atoms with van der Waals surface area (Å²) in [6, 6.07) is 3.67. The van der Waals surface area contributed by atoms with E-state index in [1.165, 1.54) is 6.26 Å². The van der Waals surface area contributed by atoms with Crippen molar-refractivity contribution in [1.29, 1.82) is 0 Å². The van der Waals surface area contributed by atoms with Gasteiger partial charge in [-0.3, -0.25) is 11.3 Å². The van der Waals surface area contributed by atoms with Crippen LogP contribution >= 0.6 is 15.9 Å². The lowest BCUT2D eigenvalue weighted by atomic mass is 10.0. The molecule has 0 spiro atoms. The zero-order valence-electron chi connectivity index (χ0n) is 10.6. The number of benzene rings is 1. The molecule has 106 valence electrons. The monoisotopic (exact) mass is 348 g/mol. The third-order valence-electron chi connectivity index (χ3n) is 3.03. The van der Waals surface area contributed by atoms with Gasteiger partial charge in [0.1, 0.15) is 15.6 Å². The zero-order chi connectivity index (χ0) is 14.0. The molecule has 1 aliphatic heterocycles. The summed E-state index contributed by atoms with van der Waals surface area (Å²) in [5.41, 5.74) is 4.70. The molecule has 1 heterocycles. The third kappa shape index (κ3) is 3.92. The molecule has 1 aliphatic rings. The van der Waals surface area contributed by atoms with Crippen LogP contribution in [-0.4, -0.2) is 33.1 Å². The normalized spacial score (nSPS) is 15.9. The minimum Gasteiger partial charge on any atom is -0.493 e. The van der Waals surface area contributed by atoms with E-state index in [9.17, 15) is 8.42 Å². The summed E-state index contributed by atoms with van der Waals surface area (Å²) in [6.07, 6.45) is 2.61. The molecule has 0 aliphatic carbocycles. The Balaban J connectivity index is 2.23. The van der Waals surface area contributed by atoms with Crippen LogP contribution in [0.15, 0.2) is 16.6 Å². The van der Waals surface area contributed by atoms with E-state index in [0.717, 1.165) is 27.8 Å². The molecular formula is C12H17BrN2O3S. The van der Waals surface area contributed by atoms with E-state index in [1.807, 2.05) is 12.1 Å². The highest BCUT2D eigenvalue weighted by Crippen LogP contribution is 2.33. The van der Waals surface area contributed by atoms with Crippen LogP contribution in [0, 0.1) is 0 Å². The molecule has 0 fully saturated rings. The topological polar surface area (TPSA) is 81.4 Å². The Hall–Kier alpha value is -0.630. The number of ether oxygens (including phenoxy) is 1. The fourth-order valence-corrected chi connectivity index (χ4v) is 3.79. The van der Waals surface area contributed by atoms with E-state index >= 15 is 0 Å².